The van der Waals surface area contributed by atoms with Gasteiger partial charge in [0.05, 0.1) is 6.61 Å². The highest BCUT2D eigenvalue weighted by atomic mass is 16.5. The molecule has 1 unspecified atom stereocenters. The van der Waals surface area contributed by atoms with Crippen LogP contribution >= 0.6 is 0 Å². The molecule has 0 aliphatic heterocycles. The number of rotatable bonds is 10. The smallest absolute Gasteiger partial charge is 0.0622 e. The van der Waals surface area contributed by atoms with Gasteiger partial charge in [0.1, 0.15) is 0 Å². The molecule has 18 heavy (non-hydrogen) atoms. The number of ether oxygens (including phenoxy) is 1. The molecule has 1 N–H and O–H groups in total. The number of nitrogens with one attached hydrogen (secondary N) is 1. The minimum Gasteiger partial charge on any atom is -0.380 e. The van der Waals surface area contributed by atoms with Gasteiger partial charge >= 0.3 is 0 Å². The summed E-state index contributed by atoms with van der Waals surface area (Å²) in [7, 11) is 2.09. The average molecular weight is 255 g/mol. The summed E-state index contributed by atoms with van der Waals surface area (Å²) in [5.74, 6) is 0.851. The summed E-state index contributed by atoms with van der Waals surface area (Å²) in [6, 6.07) is 0.584. The molecule has 2 nitrogen and oxygen atoms in total. The van der Waals surface area contributed by atoms with Gasteiger partial charge in [0, 0.05) is 12.6 Å². The highest BCUT2D eigenvalue weighted by molar-refractivity contribution is 4.77. The van der Waals surface area contributed by atoms with Crippen molar-refractivity contribution in [3.63, 3.8) is 0 Å². The van der Waals surface area contributed by atoms with Gasteiger partial charge < -0.3 is 10.1 Å². The molecule has 108 valence electrons. The van der Waals surface area contributed by atoms with Crippen LogP contribution in [0.3, 0.4) is 0 Å². The Morgan fingerprint density at radius 2 is 1.78 bits per heavy atom. The Kier molecular flexibility index (Phi) is 9.59. The van der Waals surface area contributed by atoms with Crippen molar-refractivity contribution >= 4 is 0 Å². The van der Waals surface area contributed by atoms with Gasteiger partial charge in [-0.05, 0) is 32.2 Å². The lowest BCUT2D eigenvalue weighted by molar-refractivity contribution is 0.0844. The lowest BCUT2D eigenvalue weighted by atomic mass is 9.84. The van der Waals surface area contributed by atoms with E-state index in [2.05, 4.69) is 19.3 Å². The Balaban J connectivity index is 2.00. The standard InChI is InChI=1S/C16H33NO/c1-3-4-5-6-10-13-18-14-16(17-2)15-11-8-7-9-12-15/h15-17H,3-14H2,1-2H3. The zero-order valence-corrected chi connectivity index (χ0v) is 12.5. The van der Waals surface area contributed by atoms with Crippen LogP contribution in [0.1, 0.15) is 71.1 Å². The topological polar surface area (TPSA) is 21.3 Å². The van der Waals surface area contributed by atoms with Crippen LogP contribution in [-0.4, -0.2) is 26.3 Å². The highest BCUT2D eigenvalue weighted by Crippen LogP contribution is 2.26. The fourth-order valence-electron chi connectivity index (χ4n) is 3.01. The Morgan fingerprint density at radius 1 is 1.06 bits per heavy atom. The van der Waals surface area contributed by atoms with Gasteiger partial charge in [0.15, 0.2) is 0 Å². The van der Waals surface area contributed by atoms with Crippen molar-refractivity contribution in [2.75, 3.05) is 20.3 Å². The zero-order chi connectivity index (χ0) is 13.1. The van der Waals surface area contributed by atoms with E-state index in [1.165, 1.54) is 64.2 Å². The van der Waals surface area contributed by atoms with Crippen LogP contribution in [0, 0.1) is 5.92 Å². The van der Waals surface area contributed by atoms with Crippen molar-refractivity contribution in [1.82, 2.24) is 5.32 Å². The zero-order valence-electron chi connectivity index (χ0n) is 12.5. The molecule has 1 fully saturated rings. The van der Waals surface area contributed by atoms with E-state index in [0.29, 0.717) is 6.04 Å². The Morgan fingerprint density at radius 3 is 2.44 bits per heavy atom. The average Bonchev–Trinajstić information content (AvgIpc) is 2.43. The first-order valence-electron chi connectivity index (χ1n) is 8.13. The first-order valence-corrected chi connectivity index (χ1v) is 8.13. The second kappa shape index (κ2) is 10.8. The van der Waals surface area contributed by atoms with Gasteiger partial charge in [-0.15, -0.1) is 0 Å². The summed E-state index contributed by atoms with van der Waals surface area (Å²) in [6.07, 6.45) is 13.7. The van der Waals surface area contributed by atoms with E-state index in [1.807, 2.05) is 0 Å². The molecule has 2 heteroatoms. The van der Waals surface area contributed by atoms with E-state index < -0.39 is 0 Å². The van der Waals surface area contributed by atoms with E-state index in [4.69, 9.17) is 4.74 Å². The van der Waals surface area contributed by atoms with Crippen molar-refractivity contribution in [3.05, 3.63) is 0 Å². The van der Waals surface area contributed by atoms with Gasteiger partial charge in [-0.3, -0.25) is 0 Å². The first kappa shape index (κ1) is 16.0. The Labute approximate surface area is 114 Å². The lowest BCUT2D eigenvalue weighted by Gasteiger charge is -2.29. The van der Waals surface area contributed by atoms with Gasteiger partial charge in [0.25, 0.3) is 0 Å². The summed E-state index contributed by atoms with van der Waals surface area (Å²) in [4.78, 5) is 0. The molecule has 0 heterocycles. The molecule has 0 amide bonds. The molecule has 0 aromatic carbocycles. The first-order chi connectivity index (χ1) is 8.88. The third-order valence-electron chi connectivity index (χ3n) is 4.28. The molecule has 0 saturated heterocycles. The number of unbranched alkanes of at least 4 members (excludes halogenated alkanes) is 4. The van der Waals surface area contributed by atoms with Gasteiger partial charge in [-0.2, -0.15) is 0 Å². The van der Waals surface area contributed by atoms with E-state index >= 15 is 0 Å². The largest absolute Gasteiger partial charge is 0.380 e. The van der Waals surface area contributed by atoms with Crippen molar-refractivity contribution in [1.29, 1.82) is 0 Å². The van der Waals surface area contributed by atoms with Crippen molar-refractivity contribution in [2.24, 2.45) is 5.92 Å². The van der Waals surface area contributed by atoms with Gasteiger partial charge in [0.2, 0.25) is 0 Å². The maximum atomic E-state index is 5.86. The van der Waals surface area contributed by atoms with Crippen LogP contribution < -0.4 is 5.32 Å². The van der Waals surface area contributed by atoms with Gasteiger partial charge in [-0.1, -0.05) is 51.9 Å². The molecule has 0 bridgehead atoms. The second-order valence-corrected chi connectivity index (χ2v) is 5.78. The summed E-state index contributed by atoms with van der Waals surface area (Å²) in [5.41, 5.74) is 0. The minimum absolute atomic E-state index is 0.584. The third-order valence-corrected chi connectivity index (χ3v) is 4.28. The SMILES string of the molecule is CCCCCCCOCC(NC)C1CCCCC1. The predicted molar refractivity (Wildman–Crippen MR) is 79.0 cm³/mol. The van der Waals surface area contributed by atoms with Crippen LogP contribution in [0.4, 0.5) is 0 Å². The molecule has 1 aliphatic rings. The fraction of sp³-hybridized carbons (Fsp3) is 1.00. The maximum absolute atomic E-state index is 5.86. The molecule has 0 spiro atoms. The molecular formula is C16H33NO. The van der Waals surface area contributed by atoms with Crippen LogP contribution in [-0.2, 0) is 4.74 Å². The van der Waals surface area contributed by atoms with Crippen molar-refractivity contribution < 1.29 is 4.74 Å². The van der Waals surface area contributed by atoms with E-state index in [1.54, 1.807) is 0 Å². The van der Waals surface area contributed by atoms with Crippen LogP contribution in [0.2, 0.25) is 0 Å². The molecule has 1 atom stereocenters. The maximum Gasteiger partial charge on any atom is 0.0622 e. The predicted octanol–water partition coefficient (Wildman–Crippen LogP) is 4.14. The monoisotopic (exact) mass is 255 g/mol. The summed E-state index contributed by atoms with van der Waals surface area (Å²) < 4.78 is 5.86. The summed E-state index contributed by atoms with van der Waals surface area (Å²) in [5, 5.41) is 3.46. The molecule has 0 radical (unpaired) electrons. The molecule has 0 aromatic rings. The number of hydrogen-bond acceptors (Lipinski definition) is 2. The number of hydrogen-bond donors (Lipinski definition) is 1. The Hall–Kier alpha value is -0.0800. The Bertz CT molecular complexity index is 178. The van der Waals surface area contributed by atoms with Crippen LogP contribution in [0.5, 0.6) is 0 Å². The molecule has 1 rings (SSSR count). The lowest BCUT2D eigenvalue weighted by Crippen LogP contribution is -2.38. The van der Waals surface area contributed by atoms with E-state index in [9.17, 15) is 0 Å². The number of likely N-dealkylation sites (N-methyl/N-ethyl adjacent to an activating group) is 1. The van der Waals surface area contributed by atoms with Crippen LogP contribution in [0.25, 0.3) is 0 Å². The quantitative estimate of drug-likeness (QED) is 0.592. The van der Waals surface area contributed by atoms with E-state index in [0.717, 1.165) is 19.1 Å². The fourth-order valence-corrected chi connectivity index (χ4v) is 3.01. The highest BCUT2D eigenvalue weighted by Gasteiger charge is 2.22. The third kappa shape index (κ3) is 6.75. The molecule has 0 aromatic heterocycles. The summed E-state index contributed by atoms with van der Waals surface area (Å²) in [6.45, 7) is 4.13. The normalized spacial score (nSPS) is 19.0. The van der Waals surface area contributed by atoms with E-state index in [-0.39, 0.29) is 0 Å². The van der Waals surface area contributed by atoms with Crippen molar-refractivity contribution in [2.45, 2.75) is 77.2 Å². The minimum atomic E-state index is 0.584. The molecule has 1 saturated carbocycles. The van der Waals surface area contributed by atoms with Crippen LogP contribution in [0.15, 0.2) is 0 Å². The molecule has 1 aliphatic carbocycles. The second-order valence-electron chi connectivity index (χ2n) is 5.78. The van der Waals surface area contributed by atoms with Crippen molar-refractivity contribution in [3.8, 4) is 0 Å². The summed E-state index contributed by atoms with van der Waals surface area (Å²) >= 11 is 0. The van der Waals surface area contributed by atoms with Gasteiger partial charge in [-0.25, -0.2) is 0 Å². The molecular weight excluding hydrogens is 222 g/mol.